The molecule has 0 amide bonds. The normalized spacial score (nSPS) is 15.6. The van der Waals surface area contributed by atoms with Crippen LogP contribution in [0.3, 0.4) is 0 Å². The molecule has 1 fully saturated rings. The van der Waals surface area contributed by atoms with Gasteiger partial charge in [-0.15, -0.1) is 11.3 Å². The zero-order chi connectivity index (χ0) is 14.5. The van der Waals surface area contributed by atoms with Gasteiger partial charge in [-0.05, 0) is 30.7 Å². The Morgan fingerprint density at radius 2 is 2.00 bits per heavy atom. The summed E-state index contributed by atoms with van der Waals surface area (Å²) in [6, 6.07) is 12.4. The van der Waals surface area contributed by atoms with Crippen molar-refractivity contribution in [1.29, 1.82) is 0 Å². The number of nitrogens with zero attached hydrogens (tertiary/aromatic N) is 2. The first-order valence-corrected chi connectivity index (χ1v) is 7.92. The summed E-state index contributed by atoms with van der Waals surface area (Å²) in [7, 11) is 0. The number of rotatable bonds is 4. The van der Waals surface area contributed by atoms with E-state index in [1.54, 1.807) is 11.3 Å². The second kappa shape index (κ2) is 6.74. The maximum Gasteiger partial charge on any atom is 0.0916 e. The summed E-state index contributed by atoms with van der Waals surface area (Å²) in [5, 5.41) is 5.61. The molecule has 110 valence electrons. The number of hydrogen-bond donors (Lipinski definition) is 1. The minimum atomic E-state index is 0.816. The van der Waals surface area contributed by atoms with Crippen LogP contribution in [0.1, 0.15) is 10.4 Å². The van der Waals surface area contributed by atoms with Gasteiger partial charge in [0.2, 0.25) is 0 Å². The van der Waals surface area contributed by atoms with Gasteiger partial charge >= 0.3 is 0 Å². The number of morpholine rings is 1. The van der Waals surface area contributed by atoms with Crippen LogP contribution in [0.25, 0.3) is 0 Å². The second-order valence-electron chi connectivity index (χ2n) is 4.96. The van der Waals surface area contributed by atoms with E-state index in [1.807, 2.05) is 24.4 Å². The summed E-state index contributed by atoms with van der Waals surface area (Å²) in [4.78, 5) is 3.51. The fourth-order valence-electron chi connectivity index (χ4n) is 2.23. The van der Waals surface area contributed by atoms with Crippen molar-refractivity contribution in [2.24, 2.45) is 5.10 Å². The Morgan fingerprint density at radius 1 is 1.19 bits per heavy atom. The van der Waals surface area contributed by atoms with E-state index in [0.29, 0.717) is 0 Å². The van der Waals surface area contributed by atoms with Gasteiger partial charge in [-0.3, -0.25) is 5.43 Å². The largest absolute Gasteiger partial charge is 0.378 e. The highest BCUT2D eigenvalue weighted by molar-refractivity contribution is 7.17. The van der Waals surface area contributed by atoms with Crippen molar-refractivity contribution < 1.29 is 4.74 Å². The molecule has 1 aliphatic heterocycles. The molecule has 1 aliphatic rings. The topological polar surface area (TPSA) is 36.9 Å². The lowest BCUT2D eigenvalue weighted by molar-refractivity contribution is 0.123. The van der Waals surface area contributed by atoms with E-state index < -0.39 is 0 Å². The predicted octanol–water partition coefficient (Wildman–Crippen LogP) is 3.34. The zero-order valence-electron chi connectivity index (χ0n) is 12.1. The SMILES string of the molecule is Cc1ccccc1N/N=C\c1ccc(N2CCOCC2)s1. The molecule has 0 bridgehead atoms. The smallest absolute Gasteiger partial charge is 0.0916 e. The molecule has 0 saturated carbocycles. The van der Waals surface area contributed by atoms with Gasteiger partial charge in [-0.1, -0.05) is 18.2 Å². The van der Waals surface area contributed by atoms with Crippen LogP contribution < -0.4 is 10.3 Å². The Bertz CT molecular complexity index is 617. The summed E-state index contributed by atoms with van der Waals surface area (Å²) >= 11 is 1.76. The number of hydrazone groups is 1. The highest BCUT2D eigenvalue weighted by Gasteiger charge is 2.12. The lowest BCUT2D eigenvalue weighted by Crippen LogP contribution is -2.35. The summed E-state index contributed by atoms with van der Waals surface area (Å²) in [6.45, 7) is 5.64. The number of aryl methyl sites for hydroxylation is 1. The van der Waals surface area contributed by atoms with Gasteiger partial charge in [0.05, 0.1) is 30.1 Å². The number of nitrogens with one attached hydrogen (secondary N) is 1. The lowest BCUT2D eigenvalue weighted by Gasteiger charge is -2.27. The van der Waals surface area contributed by atoms with Gasteiger partial charge in [-0.2, -0.15) is 5.10 Å². The van der Waals surface area contributed by atoms with Crippen molar-refractivity contribution in [1.82, 2.24) is 0 Å². The minimum absolute atomic E-state index is 0.816. The number of thiophene rings is 1. The molecule has 0 spiro atoms. The van der Waals surface area contributed by atoms with Crippen molar-refractivity contribution in [2.75, 3.05) is 36.6 Å². The zero-order valence-corrected chi connectivity index (χ0v) is 12.9. The Kier molecular flexibility index (Phi) is 4.52. The number of para-hydroxylation sites is 1. The number of ether oxygens (including phenoxy) is 1. The van der Waals surface area contributed by atoms with Gasteiger partial charge in [-0.25, -0.2) is 0 Å². The van der Waals surface area contributed by atoms with E-state index in [0.717, 1.165) is 36.9 Å². The van der Waals surface area contributed by atoms with Crippen molar-refractivity contribution in [2.45, 2.75) is 6.92 Å². The Balaban J connectivity index is 1.61. The molecule has 0 unspecified atom stereocenters. The molecule has 2 aromatic rings. The van der Waals surface area contributed by atoms with Crippen LogP contribution in [0.15, 0.2) is 41.5 Å². The van der Waals surface area contributed by atoms with Crippen molar-refractivity contribution in [3.8, 4) is 0 Å². The average molecular weight is 301 g/mol. The third kappa shape index (κ3) is 3.62. The van der Waals surface area contributed by atoms with Crippen LogP contribution in [0, 0.1) is 6.92 Å². The van der Waals surface area contributed by atoms with Crippen molar-refractivity contribution in [3.05, 3.63) is 46.8 Å². The van der Waals surface area contributed by atoms with E-state index in [9.17, 15) is 0 Å². The first kappa shape index (κ1) is 14.1. The number of hydrogen-bond acceptors (Lipinski definition) is 5. The van der Waals surface area contributed by atoms with Crippen molar-refractivity contribution >= 4 is 28.2 Å². The van der Waals surface area contributed by atoms with Crippen LogP contribution in [-0.4, -0.2) is 32.5 Å². The van der Waals surface area contributed by atoms with Gasteiger partial charge < -0.3 is 9.64 Å². The van der Waals surface area contributed by atoms with E-state index in [-0.39, 0.29) is 0 Å². The molecule has 21 heavy (non-hydrogen) atoms. The third-order valence-electron chi connectivity index (χ3n) is 3.46. The first-order chi connectivity index (χ1) is 10.3. The molecule has 4 nitrogen and oxygen atoms in total. The Hall–Kier alpha value is -1.85. The third-order valence-corrected chi connectivity index (χ3v) is 4.54. The van der Waals surface area contributed by atoms with Gasteiger partial charge in [0.25, 0.3) is 0 Å². The minimum Gasteiger partial charge on any atom is -0.378 e. The van der Waals surface area contributed by atoms with Crippen molar-refractivity contribution in [3.63, 3.8) is 0 Å². The van der Waals surface area contributed by atoms with E-state index in [4.69, 9.17) is 4.74 Å². The average Bonchev–Trinajstić information content (AvgIpc) is 2.99. The highest BCUT2D eigenvalue weighted by atomic mass is 32.1. The predicted molar refractivity (Wildman–Crippen MR) is 89.7 cm³/mol. The van der Waals surface area contributed by atoms with Crippen LogP contribution in [-0.2, 0) is 4.74 Å². The maximum atomic E-state index is 5.38. The first-order valence-electron chi connectivity index (χ1n) is 7.10. The second-order valence-corrected chi connectivity index (χ2v) is 6.05. The monoisotopic (exact) mass is 301 g/mol. The lowest BCUT2D eigenvalue weighted by atomic mass is 10.2. The van der Waals surface area contributed by atoms with Gasteiger partial charge in [0.15, 0.2) is 0 Å². The van der Waals surface area contributed by atoms with E-state index >= 15 is 0 Å². The summed E-state index contributed by atoms with van der Waals surface area (Å²) in [5.74, 6) is 0. The standard InChI is InChI=1S/C16H19N3OS/c1-13-4-2-3-5-15(13)18-17-12-14-6-7-16(21-14)19-8-10-20-11-9-19/h2-7,12,18H,8-11H2,1H3/b17-12-. The maximum absolute atomic E-state index is 5.38. The summed E-state index contributed by atoms with van der Waals surface area (Å²) in [6.07, 6.45) is 1.88. The molecular formula is C16H19N3OS. The van der Waals surface area contributed by atoms with Crippen LogP contribution >= 0.6 is 11.3 Å². The summed E-state index contributed by atoms with van der Waals surface area (Å²) < 4.78 is 5.38. The van der Waals surface area contributed by atoms with E-state index in [2.05, 4.69) is 40.5 Å². The van der Waals surface area contributed by atoms with Crippen LogP contribution in [0.5, 0.6) is 0 Å². The molecule has 2 heterocycles. The molecule has 1 N–H and O–H groups in total. The number of benzene rings is 1. The molecule has 1 saturated heterocycles. The quantitative estimate of drug-likeness (QED) is 0.695. The summed E-state index contributed by atoms with van der Waals surface area (Å²) in [5.41, 5.74) is 5.32. The molecule has 5 heteroatoms. The fourth-order valence-corrected chi connectivity index (χ4v) is 3.16. The fraction of sp³-hybridized carbons (Fsp3) is 0.312. The molecular weight excluding hydrogens is 282 g/mol. The highest BCUT2D eigenvalue weighted by Crippen LogP contribution is 2.25. The van der Waals surface area contributed by atoms with Gasteiger partial charge in [0, 0.05) is 18.0 Å². The molecule has 0 radical (unpaired) electrons. The molecule has 0 atom stereocenters. The molecule has 3 rings (SSSR count). The molecule has 1 aromatic carbocycles. The van der Waals surface area contributed by atoms with Gasteiger partial charge in [0.1, 0.15) is 0 Å². The number of anilines is 2. The van der Waals surface area contributed by atoms with E-state index in [1.165, 1.54) is 10.6 Å². The Labute approximate surface area is 129 Å². The van der Waals surface area contributed by atoms with Crippen LogP contribution in [0.2, 0.25) is 0 Å². The Morgan fingerprint density at radius 3 is 2.81 bits per heavy atom. The molecule has 1 aromatic heterocycles. The molecule has 0 aliphatic carbocycles. The van der Waals surface area contributed by atoms with Crippen LogP contribution in [0.4, 0.5) is 10.7 Å².